The Bertz CT molecular complexity index is 1270. The minimum absolute atomic E-state index is 0.0717. The second-order valence-electron chi connectivity index (χ2n) is 8.86. The number of carboxylic acid groups (broad SMARTS) is 1. The lowest BCUT2D eigenvalue weighted by molar-refractivity contribution is -0.137. The van der Waals surface area contributed by atoms with Gasteiger partial charge in [0.1, 0.15) is 0 Å². The van der Waals surface area contributed by atoms with Gasteiger partial charge in [-0.1, -0.05) is 54.1 Å². The maximum Gasteiger partial charge on any atom is 0.303 e. The van der Waals surface area contributed by atoms with Gasteiger partial charge >= 0.3 is 5.97 Å². The first kappa shape index (κ1) is 24.5. The summed E-state index contributed by atoms with van der Waals surface area (Å²) in [7, 11) is 4.11. The Hall–Kier alpha value is -3.61. The summed E-state index contributed by atoms with van der Waals surface area (Å²) in [6.45, 7) is 0.968. The number of likely N-dealkylation sites (N-methyl/N-ethyl adjacent to an activating group) is 1. The van der Waals surface area contributed by atoms with Crippen molar-refractivity contribution < 1.29 is 14.7 Å². The molecule has 1 heterocycles. The zero-order valence-corrected chi connectivity index (χ0v) is 20.5. The lowest BCUT2D eigenvalue weighted by Gasteiger charge is -2.16. The molecule has 0 aliphatic carbocycles. The Morgan fingerprint density at radius 3 is 2.29 bits per heavy atom. The Labute approximate surface area is 210 Å². The monoisotopic (exact) mass is 489 g/mol. The van der Waals surface area contributed by atoms with E-state index in [1.165, 1.54) is 5.56 Å². The number of rotatable bonds is 9. The van der Waals surface area contributed by atoms with E-state index in [0.717, 1.165) is 35.3 Å². The Morgan fingerprint density at radius 2 is 1.63 bits per heavy atom. The van der Waals surface area contributed by atoms with E-state index in [0.29, 0.717) is 28.4 Å². The molecule has 1 amide bonds. The number of benzene rings is 3. The average molecular weight is 490 g/mol. The van der Waals surface area contributed by atoms with Crippen LogP contribution in [0.4, 0.5) is 11.4 Å². The number of halogens is 1. The van der Waals surface area contributed by atoms with Crippen molar-refractivity contribution in [3.63, 3.8) is 0 Å². The Balaban J connectivity index is 1.71. The fraction of sp³-hybridized carbons (Fsp3) is 0.214. The van der Waals surface area contributed by atoms with E-state index in [9.17, 15) is 9.59 Å². The van der Waals surface area contributed by atoms with Crippen molar-refractivity contribution in [3.8, 4) is 0 Å². The summed E-state index contributed by atoms with van der Waals surface area (Å²) in [5, 5.41) is 15.9. The molecule has 1 aliphatic heterocycles. The molecule has 0 fully saturated rings. The Kier molecular flexibility index (Phi) is 7.54. The summed E-state index contributed by atoms with van der Waals surface area (Å²) in [6, 6.07) is 21.2. The highest BCUT2D eigenvalue weighted by Gasteiger charge is 2.28. The standard InChI is InChI=1S/C28H28ClN3O3/c1-32(2)16-15-19-5-11-22(12-6-19)30-27(20-8-3-18(4-9-20)7-14-25(33)34)26-23-13-10-21(29)17-24(23)31-28(26)35/h3-6,8-13,17,30H,7,14-16H2,1-2H3,(H,31,35)(H,33,34). The van der Waals surface area contributed by atoms with Crippen LogP contribution in [0.3, 0.4) is 0 Å². The number of aryl methyl sites for hydroxylation is 1. The van der Waals surface area contributed by atoms with Crippen LogP contribution in [0.5, 0.6) is 0 Å². The maximum absolute atomic E-state index is 13.1. The molecule has 4 rings (SSSR count). The fourth-order valence-corrected chi connectivity index (χ4v) is 4.19. The lowest BCUT2D eigenvalue weighted by atomic mass is 9.98. The summed E-state index contributed by atoms with van der Waals surface area (Å²) >= 11 is 6.15. The van der Waals surface area contributed by atoms with Crippen LogP contribution in [0.1, 0.15) is 28.7 Å². The summed E-state index contributed by atoms with van der Waals surface area (Å²) in [5.74, 6) is -1.03. The first-order valence-electron chi connectivity index (χ1n) is 11.5. The molecule has 180 valence electrons. The van der Waals surface area contributed by atoms with Gasteiger partial charge in [-0.05, 0) is 67.9 Å². The van der Waals surface area contributed by atoms with Gasteiger partial charge in [0.25, 0.3) is 5.91 Å². The molecule has 35 heavy (non-hydrogen) atoms. The molecule has 3 N–H and O–H groups in total. The van der Waals surface area contributed by atoms with Crippen LogP contribution in [-0.4, -0.2) is 42.5 Å². The molecule has 3 aromatic carbocycles. The molecule has 0 radical (unpaired) electrons. The zero-order valence-electron chi connectivity index (χ0n) is 19.8. The van der Waals surface area contributed by atoms with Gasteiger partial charge in [0, 0.05) is 29.2 Å². The second kappa shape index (κ2) is 10.8. The van der Waals surface area contributed by atoms with E-state index in [-0.39, 0.29) is 12.3 Å². The largest absolute Gasteiger partial charge is 0.481 e. The predicted octanol–water partition coefficient (Wildman–Crippen LogP) is 5.39. The number of hydrogen-bond donors (Lipinski definition) is 3. The number of carboxylic acids is 1. The minimum atomic E-state index is -0.828. The Morgan fingerprint density at radius 1 is 0.971 bits per heavy atom. The van der Waals surface area contributed by atoms with Crippen LogP contribution in [0.2, 0.25) is 5.02 Å². The molecule has 0 spiro atoms. The van der Waals surface area contributed by atoms with Crippen LogP contribution in [0, 0.1) is 0 Å². The SMILES string of the molecule is CN(C)CCc1ccc(NC(=C2C(=O)Nc3cc(Cl)ccc32)c2ccc(CCC(=O)O)cc2)cc1. The molecular weight excluding hydrogens is 462 g/mol. The highest BCUT2D eigenvalue weighted by Crippen LogP contribution is 2.38. The predicted molar refractivity (Wildman–Crippen MR) is 142 cm³/mol. The number of carbonyl (C=O) groups is 2. The fourth-order valence-electron chi connectivity index (χ4n) is 4.01. The van der Waals surface area contributed by atoms with Crippen LogP contribution < -0.4 is 10.6 Å². The quantitative estimate of drug-likeness (QED) is 0.351. The molecule has 0 atom stereocenters. The van der Waals surface area contributed by atoms with E-state index in [1.807, 2.05) is 42.5 Å². The second-order valence-corrected chi connectivity index (χ2v) is 9.30. The average Bonchev–Trinajstić information content (AvgIpc) is 3.15. The van der Waals surface area contributed by atoms with Crippen molar-refractivity contribution in [1.82, 2.24) is 4.90 Å². The topological polar surface area (TPSA) is 81.7 Å². The molecular formula is C28H28ClN3O3. The molecule has 0 saturated carbocycles. The molecule has 6 nitrogen and oxygen atoms in total. The number of nitrogens with one attached hydrogen (secondary N) is 2. The third-order valence-corrected chi connectivity index (χ3v) is 6.15. The molecule has 0 bridgehead atoms. The number of anilines is 2. The van der Waals surface area contributed by atoms with Crippen molar-refractivity contribution >= 4 is 46.1 Å². The summed E-state index contributed by atoms with van der Waals surface area (Å²) in [6.07, 6.45) is 1.48. The van der Waals surface area contributed by atoms with Gasteiger partial charge in [-0.25, -0.2) is 0 Å². The van der Waals surface area contributed by atoms with Crippen LogP contribution in [0.25, 0.3) is 11.3 Å². The highest BCUT2D eigenvalue weighted by atomic mass is 35.5. The van der Waals surface area contributed by atoms with E-state index in [4.69, 9.17) is 16.7 Å². The van der Waals surface area contributed by atoms with Crippen molar-refractivity contribution in [2.24, 2.45) is 0 Å². The number of hydrogen-bond acceptors (Lipinski definition) is 4. The van der Waals surface area contributed by atoms with Gasteiger partial charge in [-0.15, -0.1) is 0 Å². The maximum atomic E-state index is 13.1. The third kappa shape index (κ3) is 6.10. The highest BCUT2D eigenvalue weighted by molar-refractivity contribution is 6.38. The van der Waals surface area contributed by atoms with Gasteiger partial charge in [0.15, 0.2) is 0 Å². The van der Waals surface area contributed by atoms with Gasteiger partial charge in [0.2, 0.25) is 0 Å². The van der Waals surface area contributed by atoms with Crippen molar-refractivity contribution in [1.29, 1.82) is 0 Å². The van der Waals surface area contributed by atoms with Gasteiger partial charge in [0.05, 0.1) is 17.0 Å². The zero-order chi connectivity index (χ0) is 24.9. The molecule has 0 unspecified atom stereocenters. The number of amides is 1. The number of aliphatic carboxylic acids is 1. The molecule has 0 aromatic heterocycles. The van der Waals surface area contributed by atoms with E-state index >= 15 is 0 Å². The first-order valence-corrected chi connectivity index (χ1v) is 11.9. The van der Waals surface area contributed by atoms with Crippen LogP contribution >= 0.6 is 11.6 Å². The number of fused-ring (bicyclic) bond motifs is 1. The first-order chi connectivity index (χ1) is 16.8. The number of nitrogens with zero attached hydrogens (tertiary/aromatic N) is 1. The van der Waals surface area contributed by atoms with Crippen molar-refractivity contribution in [2.75, 3.05) is 31.3 Å². The summed E-state index contributed by atoms with van der Waals surface area (Å²) in [4.78, 5) is 26.1. The van der Waals surface area contributed by atoms with Crippen LogP contribution in [0.15, 0.2) is 66.7 Å². The molecule has 1 aliphatic rings. The van der Waals surface area contributed by atoms with Crippen molar-refractivity contribution in [3.05, 3.63) is 94.0 Å². The van der Waals surface area contributed by atoms with Gasteiger partial charge < -0.3 is 20.6 Å². The lowest BCUT2D eigenvalue weighted by Crippen LogP contribution is -2.15. The van der Waals surface area contributed by atoms with E-state index in [1.54, 1.807) is 12.1 Å². The summed E-state index contributed by atoms with van der Waals surface area (Å²) in [5.41, 5.74) is 6.52. The normalized spacial score (nSPS) is 14.0. The molecule has 3 aromatic rings. The summed E-state index contributed by atoms with van der Waals surface area (Å²) < 4.78 is 0. The molecule has 0 saturated heterocycles. The third-order valence-electron chi connectivity index (χ3n) is 5.92. The van der Waals surface area contributed by atoms with Crippen LogP contribution in [-0.2, 0) is 22.4 Å². The smallest absolute Gasteiger partial charge is 0.303 e. The van der Waals surface area contributed by atoms with Gasteiger partial charge in [-0.2, -0.15) is 0 Å². The van der Waals surface area contributed by atoms with E-state index in [2.05, 4.69) is 41.8 Å². The van der Waals surface area contributed by atoms with Gasteiger partial charge in [-0.3, -0.25) is 9.59 Å². The number of carbonyl (C=O) groups excluding carboxylic acids is 1. The minimum Gasteiger partial charge on any atom is -0.481 e. The van der Waals surface area contributed by atoms with Crippen molar-refractivity contribution in [2.45, 2.75) is 19.3 Å². The van der Waals surface area contributed by atoms with E-state index < -0.39 is 5.97 Å². The molecule has 7 heteroatoms.